The summed E-state index contributed by atoms with van der Waals surface area (Å²) in [5.74, 6) is -0.274. The van der Waals surface area contributed by atoms with Gasteiger partial charge in [-0.1, -0.05) is 116 Å². The van der Waals surface area contributed by atoms with Crippen LogP contribution in [0, 0.1) is 0 Å². The second kappa shape index (κ2) is 22.7. The van der Waals surface area contributed by atoms with E-state index in [1.807, 2.05) is 0 Å². The van der Waals surface area contributed by atoms with Gasteiger partial charge in [-0.25, -0.2) is 0 Å². The van der Waals surface area contributed by atoms with Crippen LogP contribution in [0.3, 0.4) is 0 Å². The minimum Gasteiger partial charge on any atom is -0.463 e. The van der Waals surface area contributed by atoms with Crippen molar-refractivity contribution in [3.8, 4) is 0 Å². The van der Waals surface area contributed by atoms with Crippen molar-refractivity contribution in [2.45, 2.75) is 135 Å². The fourth-order valence-corrected chi connectivity index (χ4v) is 3.49. The first-order chi connectivity index (χ1) is 13.7. The van der Waals surface area contributed by atoms with Gasteiger partial charge in [0, 0.05) is 6.42 Å². The fourth-order valence-electron chi connectivity index (χ4n) is 3.49. The second-order valence-electron chi connectivity index (χ2n) is 8.28. The molecule has 0 fully saturated rings. The van der Waals surface area contributed by atoms with Gasteiger partial charge in [0.05, 0.1) is 6.61 Å². The molecule has 28 heavy (non-hydrogen) atoms. The number of unbranched alkanes of at least 4 members (excludes halogenated alkanes) is 17. The number of carbonyl (C=O) groups is 1. The molecule has 0 aliphatic rings. The van der Waals surface area contributed by atoms with Gasteiger partial charge >= 0.3 is 5.97 Å². The summed E-state index contributed by atoms with van der Waals surface area (Å²) in [5.41, 5.74) is 0. The number of esters is 1. The van der Waals surface area contributed by atoms with Crippen molar-refractivity contribution in [3.05, 3.63) is 0 Å². The Morgan fingerprint density at radius 1 is 0.679 bits per heavy atom. The molecule has 1 atom stereocenters. The van der Waals surface area contributed by atoms with E-state index in [1.54, 1.807) is 0 Å². The molecule has 0 amide bonds. The van der Waals surface area contributed by atoms with Crippen LogP contribution in [0.25, 0.3) is 0 Å². The Balaban J connectivity index is 3.11. The summed E-state index contributed by atoms with van der Waals surface area (Å²) in [6.45, 7) is 1.80. The molecule has 0 unspecified atom stereocenters. The lowest BCUT2D eigenvalue weighted by molar-refractivity contribution is -0.147. The first-order valence-electron chi connectivity index (χ1n) is 12.1. The molecule has 0 saturated carbocycles. The smallest absolute Gasteiger partial charge is 0.305 e. The summed E-state index contributed by atoms with van der Waals surface area (Å²) in [5, 5.41) is 17.8. The van der Waals surface area contributed by atoms with Crippen LogP contribution in [-0.2, 0) is 9.53 Å². The van der Waals surface area contributed by atoms with E-state index >= 15 is 0 Å². The highest BCUT2D eigenvalue weighted by Crippen LogP contribution is 2.14. The summed E-state index contributed by atoms with van der Waals surface area (Å²) in [7, 11) is 0. The van der Waals surface area contributed by atoms with Gasteiger partial charge in [0.1, 0.15) is 12.7 Å². The highest BCUT2D eigenvalue weighted by Gasteiger charge is 2.07. The molecule has 0 radical (unpaired) electrons. The Bertz CT molecular complexity index is 320. The molecule has 168 valence electrons. The van der Waals surface area contributed by atoms with Crippen LogP contribution in [0.4, 0.5) is 0 Å². The van der Waals surface area contributed by atoms with Crippen molar-refractivity contribution in [1.29, 1.82) is 0 Å². The molecular weight excluding hydrogens is 352 g/mol. The summed E-state index contributed by atoms with van der Waals surface area (Å²) >= 11 is 0. The largest absolute Gasteiger partial charge is 0.463 e. The van der Waals surface area contributed by atoms with Crippen LogP contribution < -0.4 is 0 Å². The zero-order valence-electron chi connectivity index (χ0n) is 18.6. The van der Waals surface area contributed by atoms with Crippen molar-refractivity contribution in [2.24, 2.45) is 0 Å². The van der Waals surface area contributed by atoms with E-state index < -0.39 is 6.10 Å². The van der Waals surface area contributed by atoms with Crippen molar-refractivity contribution >= 4 is 5.97 Å². The van der Waals surface area contributed by atoms with E-state index in [0.29, 0.717) is 6.42 Å². The third kappa shape index (κ3) is 21.7. The SMILES string of the molecule is CCCCCCCCCCCCCCCCCCCCC(=O)OC[C@H](O)CO. The number of ether oxygens (including phenoxy) is 1. The molecule has 4 heteroatoms. The second-order valence-corrected chi connectivity index (χ2v) is 8.28. The Kier molecular flexibility index (Phi) is 22.2. The molecule has 0 aromatic heterocycles. The summed E-state index contributed by atoms with van der Waals surface area (Å²) < 4.78 is 4.88. The summed E-state index contributed by atoms with van der Waals surface area (Å²) in [6.07, 6.45) is 23.4. The van der Waals surface area contributed by atoms with Crippen LogP contribution in [-0.4, -0.2) is 35.5 Å². The van der Waals surface area contributed by atoms with E-state index in [-0.39, 0.29) is 19.2 Å². The van der Waals surface area contributed by atoms with Crippen molar-refractivity contribution in [1.82, 2.24) is 0 Å². The highest BCUT2D eigenvalue weighted by atomic mass is 16.5. The third-order valence-corrected chi connectivity index (χ3v) is 5.38. The van der Waals surface area contributed by atoms with E-state index in [0.717, 1.165) is 12.8 Å². The van der Waals surface area contributed by atoms with Crippen molar-refractivity contribution in [2.75, 3.05) is 13.2 Å². The Hall–Kier alpha value is -0.610. The quantitative estimate of drug-likeness (QED) is 0.165. The van der Waals surface area contributed by atoms with Crippen LogP contribution in [0.15, 0.2) is 0 Å². The van der Waals surface area contributed by atoms with Crippen molar-refractivity contribution < 1.29 is 19.7 Å². The van der Waals surface area contributed by atoms with E-state index in [1.165, 1.54) is 103 Å². The van der Waals surface area contributed by atoms with Gasteiger partial charge < -0.3 is 14.9 Å². The molecule has 4 nitrogen and oxygen atoms in total. The Morgan fingerprint density at radius 2 is 1.04 bits per heavy atom. The molecule has 0 saturated heterocycles. The molecule has 0 aliphatic carbocycles. The number of aliphatic hydroxyl groups excluding tert-OH is 2. The lowest BCUT2D eigenvalue weighted by atomic mass is 10.0. The summed E-state index contributed by atoms with van der Waals surface area (Å²) in [4.78, 5) is 11.4. The highest BCUT2D eigenvalue weighted by molar-refractivity contribution is 5.69. The predicted octanol–water partition coefficient (Wildman–Crippen LogP) is 6.31. The number of hydrogen-bond donors (Lipinski definition) is 2. The average molecular weight is 401 g/mol. The normalized spacial score (nSPS) is 12.2. The van der Waals surface area contributed by atoms with Gasteiger partial charge in [0.2, 0.25) is 0 Å². The van der Waals surface area contributed by atoms with E-state index in [9.17, 15) is 4.79 Å². The first kappa shape index (κ1) is 27.4. The van der Waals surface area contributed by atoms with Crippen LogP contribution in [0.2, 0.25) is 0 Å². The number of hydrogen-bond acceptors (Lipinski definition) is 4. The van der Waals surface area contributed by atoms with Gasteiger partial charge in [-0.2, -0.15) is 0 Å². The maximum atomic E-state index is 11.4. The lowest BCUT2D eigenvalue weighted by Gasteiger charge is -2.08. The van der Waals surface area contributed by atoms with E-state index in [2.05, 4.69) is 6.92 Å². The molecule has 0 spiro atoms. The monoisotopic (exact) mass is 400 g/mol. The summed E-state index contributed by atoms with van der Waals surface area (Å²) in [6, 6.07) is 0. The molecule has 0 aromatic carbocycles. The van der Waals surface area contributed by atoms with Gasteiger partial charge in [0.15, 0.2) is 0 Å². The Morgan fingerprint density at radius 3 is 1.39 bits per heavy atom. The van der Waals surface area contributed by atoms with Crippen LogP contribution in [0.5, 0.6) is 0 Å². The van der Waals surface area contributed by atoms with Gasteiger partial charge in [-0.3, -0.25) is 4.79 Å². The van der Waals surface area contributed by atoms with Crippen LogP contribution in [0.1, 0.15) is 129 Å². The number of carbonyl (C=O) groups excluding carboxylic acids is 1. The van der Waals surface area contributed by atoms with Gasteiger partial charge in [-0.05, 0) is 6.42 Å². The van der Waals surface area contributed by atoms with Crippen LogP contribution >= 0.6 is 0 Å². The Labute approximate surface area is 174 Å². The number of rotatable bonds is 22. The minimum absolute atomic E-state index is 0.103. The minimum atomic E-state index is -0.954. The lowest BCUT2D eigenvalue weighted by Crippen LogP contribution is -2.21. The zero-order valence-corrected chi connectivity index (χ0v) is 18.6. The molecule has 0 rings (SSSR count). The van der Waals surface area contributed by atoms with E-state index in [4.69, 9.17) is 14.9 Å². The van der Waals surface area contributed by atoms with Gasteiger partial charge in [-0.15, -0.1) is 0 Å². The molecule has 0 aromatic rings. The topological polar surface area (TPSA) is 66.8 Å². The zero-order chi connectivity index (χ0) is 20.7. The first-order valence-corrected chi connectivity index (χ1v) is 12.1. The third-order valence-electron chi connectivity index (χ3n) is 5.38. The van der Waals surface area contributed by atoms with Crippen molar-refractivity contribution in [3.63, 3.8) is 0 Å². The molecule has 2 N–H and O–H groups in total. The van der Waals surface area contributed by atoms with Gasteiger partial charge in [0.25, 0.3) is 0 Å². The molecule has 0 aliphatic heterocycles. The maximum absolute atomic E-state index is 11.4. The molecule has 0 heterocycles. The standard InChI is InChI=1S/C24H48O4/c1-2-3-4-5-6-7-8-9-10-11-12-13-14-15-16-17-18-19-20-24(27)28-22-23(26)21-25/h23,25-26H,2-22H2,1H3/t23-/m1/s1. The average Bonchev–Trinajstić information content (AvgIpc) is 2.71. The number of aliphatic hydroxyl groups is 2. The molecule has 0 bridgehead atoms. The maximum Gasteiger partial charge on any atom is 0.305 e. The molecular formula is C24H48O4. The predicted molar refractivity (Wildman–Crippen MR) is 117 cm³/mol. The fraction of sp³-hybridized carbons (Fsp3) is 0.958.